The summed E-state index contributed by atoms with van der Waals surface area (Å²) in [6, 6.07) is 11.0. The molecule has 2 heterocycles. The van der Waals surface area contributed by atoms with Crippen LogP contribution < -0.4 is 4.90 Å². The summed E-state index contributed by atoms with van der Waals surface area (Å²) in [7, 11) is 0. The molecule has 6 heteroatoms. The van der Waals surface area contributed by atoms with Crippen molar-refractivity contribution in [2.45, 2.75) is 0 Å². The number of aromatic nitrogens is 1. The smallest absolute Gasteiger partial charge is 0.270 e. The molecule has 94 valence electrons. The molecule has 0 bridgehead atoms. The number of rotatable bonds is 2. The van der Waals surface area contributed by atoms with E-state index in [9.17, 15) is 4.79 Å². The first-order chi connectivity index (χ1) is 9.25. The normalized spacial score (nSPS) is 17.5. The summed E-state index contributed by atoms with van der Waals surface area (Å²) < 4.78 is 5.26. The van der Waals surface area contributed by atoms with Gasteiger partial charge in [0.05, 0.1) is 10.6 Å². The summed E-state index contributed by atoms with van der Waals surface area (Å²) in [5, 5.41) is 3.76. The monoisotopic (exact) mass is 288 g/mol. The molecule has 0 atom stereocenters. The van der Waals surface area contributed by atoms with E-state index in [1.54, 1.807) is 12.1 Å². The molecule has 1 aliphatic heterocycles. The molecule has 1 amide bonds. The summed E-state index contributed by atoms with van der Waals surface area (Å²) in [6.07, 6.45) is 3.13. The molecule has 1 fully saturated rings. The molecule has 1 aromatic carbocycles. The van der Waals surface area contributed by atoms with E-state index in [1.807, 2.05) is 30.3 Å². The van der Waals surface area contributed by atoms with E-state index >= 15 is 0 Å². The average Bonchev–Trinajstić information content (AvgIpc) is 3.01. The molecule has 0 saturated carbocycles. The molecule has 1 saturated heterocycles. The molecule has 3 rings (SSSR count). The van der Waals surface area contributed by atoms with Crippen molar-refractivity contribution in [1.29, 1.82) is 0 Å². The predicted molar refractivity (Wildman–Crippen MR) is 78.6 cm³/mol. The summed E-state index contributed by atoms with van der Waals surface area (Å²) in [6.45, 7) is 0. The zero-order valence-corrected chi connectivity index (χ0v) is 11.3. The molecule has 0 unspecified atom stereocenters. The Hall–Kier alpha value is -1.92. The Kier molecular flexibility index (Phi) is 3.18. The van der Waals surface area contributed by atoms with E-state index in [-0.39, 0.29) is 5.91 Å². The second-order valence-electron chi connectivity index (χ2n) is 3.78. The van der Waals surface area contributed by atoms with Gasteiger partial charge in [-0.3, -0.25) is 9.69 Å². The number of thiocarbonyl (C=S) groups is 1. The maximum Gasteiger partial charge on any atom is 0.270 e. The number of amides is 1. The maximum absolute atomic E-state index is 12.3. The highest BCUT2D eigenvalue weighted by atomic mass is 32.2. The average molecular weight is 288 g/mol. The zero-order chi connectivity index (χ0) is 13.2. The number of hydrogen-bond acceptors (Lipinski definition) is 5. The number of thioether (sulfide) groups is 1. The highest BCUT2D eigenvalue weighted by molar-refractivity contribution is 8.27. The maximum atomic E-state index is 12.3. The van der Waals surface area contributed by atoms with Crippen LogP contribution in [-0.2, 0) is 4.79 Å². The van der Waals surface area contributed by atoms with E-state index in [2.05, 4.69) is 5.16 Å². The Bertz CT molecular complexity index is 651. The van der Waals surface area contributed by atoms with Crippen LogP contribution in [0.5, 0.6) is 0 Å². The summed E-state index contributed by atoms with van der Waals surface area (Å²) in [5.41, 5.74) is 1.38. The fourth-order valence-corrected chi connectivity index (χ4v) is 2.98. The number of carbonyl (C=O) groups excluding carboxylic acids is 1. The topological polar surface area (TPSA) is 46.3 Å². The Labute approximate surface area is 119 Å². The number of para-hydroxylation sites is 1. The minimum Gasteiger partial charge on any atom is -0.364 e. The molecule has 4 nitrogen and oxygen atoms in total. The SMILES string of the molecule is O=C1C(=Cc2ccon2)SC(=S)N1c1ccccc1. The van der Waals surface area contributed by atoms with E-state index < -0.39 is 0 Å². The number of carbonyl (C=O) groups is 1. The molecule has 0 N–H and O–H groups in total. The zero-order valence-electron chi connectivity index (χ0n) is 9.65. The first-order valence-electron chi connectivity index (χ1n) is 5.49. The number of nitrogens with zero attached hydrogens (tertiary/aromatic N) is 2. The van der Waals surface area contributed by atoms with Crippen LogP contribution >= 0.6 is 24.0 Å². The van der Waals surface area contributed by atoms with Crippen LogP contribution in [0.3, 0.4) is 0 Å². The van der Waals surface area contributed by atoms with Crippen LogP contribution in [0.2, 0.25) is 0 Å². The van der Waals surface area contributed by atoms with Crippen LogP contribution in [-0.4, -0.2) is 15.4 Å². The molecular formula is C13H8N2O2S2. The summed E-state index contributed by atoms with van der Waals surface area (Å²) >= 11 is 6.52. The third-order valence-corrected chi connectivity index (χ3v) is 3.85. The van der Waals surface area contributed by atoms with Crippen LogP contribution in [0, 0.1) is 0 Å². The second kappa shape index (κ2) is 4.99. The van der Waals surface area contributed by atoms with Gasteiger partial charge in [-0.2, -0.15) is 0 Å². The first-order valence-corrected chi connectivity index (χ1v) is 6.71. The van der Waals surface area contributed by atoms with Gasteiger partial charge in [0.2, 0.25) is 0 Å². The molecule has 0 radical (unpaired) electrons. The Balaban J connectivity index is 1.94. The molecule has 2 aromatic rings. The lowest BCUT2D eigenvalue weighted by Gasteiger charge is -2.13. The highest BCUT2D eigenvalue weighted by Gasteiger charge is 2.33. The third kappa shape index (κ3) is 2.32. The van der Waals surface area contributed by atoms with Crippen molar-refractivity contribution >= 4 is 46.0 Å². The van der Waals surface area contributed by atoms with Crippen molar-refractivity contribution < 1.29 is 9.32 Å². The van der Waals surface area contributed by atoms with Crippen molar-refractivity contribution in [1.82, 2.24) is 5.16 Å². The summed E-state index contributed by atoms with van der Waals surface area (Å²) in [5.74, 6) is -0.135. The Morgan fingerprint density at radius 3 is 2.74 bits per heavy atom. The van der Waals surface area contributed by atoms with Crippen molar-refractivity contribution in [3.8, 4) is 0 Å². The van der Waals surface area contributed by atoms with Gasteiger partial charge in [-0.1, -0.05) is 47.3 Å². The van der Waals surface area contributed by atoms with Gasteiger partial charge >= 0.3 is 0 Å². The van der Waals surface area contributed by atoms with Gasteiger partial charge < -0.3 is 4.52 Å². The quantitative estimate of drug-likeness (QED) is 0.628. The first kappa shape index (κ1) is 12.1. The molecule has 1 aliphatic rings. The van der Waals surface area contributed by atoms with Gasteiger partial charge in [0.15, 0.2) is 4.32 Å². The third-order valence-electron chi connectivity index (χ3n) is 2.54. The Morgan fingerprint density at radius 1 is 1.26 bits per heavy atom. The van der Waals surface area contributed by atoms with E-state index in [0.717, 1.165) is 5.69 Å². The molecule has 19 heavy (non-hydrogen) atoms. The predicted octanol–water partition coefficient (Wildman–Crippen LogP) is 3.08. The van der Waals surface area contributed by atoms with Crippen molar-refractivity contribution in [3.63, 3.8) is 0 Å². The lowest BCUT2D eigenvalue weighted by atomic mass is 10.3. The van der Waals surface area contributed by atoms with E-state index in [0.29, 0.717) is 14.9 Å². The van der Waals surface area contributed by atoms with Gasteiger partial charge in [0.25, 0.3) is 5.91 Å². The lowest BCUT2D eigenvalue weighted by Crippen LogP contribution is -2.27. The lowest BCUT2D eigenvalue weighted by molar-refractivity contribution is -0.113. The van der Waals surface area contributed by atoms with E-state index in [1.165, 1.54) is 22.9 Å². The van der Waals surface area contributed by atoms with Crippen molar-refractivity contribution in [3.05, 3.63) is 53.3 Å². The Morgan fingerprint density at radius 2 is 2.05 bits per heavy atom. The summed E-state index contributed by atoms with van der Waals surface area (Å²) in [4.78, 5) is 14.4. The van der Waals surface area contributed by atoms with Crippen molar-refractivity contribution in [2.75, 3.05) is 4.90 Å². The standard InChI is InChI=1S/C13H8N2O2S2/c16-12-11(8-9-6-7-17-14-9)19-13(18)15(12)10-4-2-1-3-5-10/h1-8H. The van der Waals surface area contributed by atoms with Crippen molar-refractivity contribution in [2.24, 2.45) is 0 Å². The fraction of sp³-hybridized carbons (Fsp3) is 0. The van der Waals surface area contributed by atoms with Gasteiger partial charge in [-0.05, 0) is 18.2 Å². The highest BCUT2D eigenvalue weighted by Crippen LogP contribution is 2.35. The van der Waals surface area contributed by atoms with Gasteiger partial charge in [0, 0.05) is 6.07 Å². The molecule has 0 aliphatic carbocycles. The van der Waals surface area contributed by atoms with Crippen LogP contribution in [0.25, 0.3) is 6.08 Å². The van der Waals surface area contributed by atoms with Gasteiger partial charge in [-0.15, -0.1) is 0 Å². The largest absolute Gasteiger partial charge is 0.364 e. The molecular weight excluding hydrogens is 280 g/mol. The van der Waals surface area contributed by atoms with E-state index in [4.69, 9.17) is 16.7 Å². The minimum absolute atomic E-state index is 0.135. The molecule has 0 spiro atoms. The second-order valence-corrected chi connectivity index (χ2v) is 5.45. The minimum atomic E-state index is -0.135. The van der Waals surface area contributed by atoms with Crippen LogP contribution in [0.1, 0.15) is 5.69 Å². The van der Waals surface area contributed by atoms with Gasteiger partial charge in [0.1, 0.15) is 12.0 Å². The number of benzene rings is 1. The number of anilines is 1. The fourth-order valence-electron chi connectivity index (χ4n) is 1.70. The van der Waals surface area contributed by atoms with Crippen LogP contribution in [0.4, 0.5) is 5.69 Å². The van der Waals surface area contributed by atoms with Gasteiger partial charge in [-0.25, -0.2) is 0 Å². The van der Waals surface area contributed by atoms with Crippen LogP contribution in [0.15, 0.2) is 52.1 Å². The molecule has 1 aromatic heterocycles. The number of hydrogen-bond donors (Lipinski definition) is 0.